The van der Waals surface area contributed by atoms with Crippen molar-refractivity contribution in [2.24, 2.45) is 25.8 Å². The van der Waals surface area contributed by atoms with Gasteiger partial charge in [-0.2, -0.15) is 0 Å². The molecule has 2 fully saturated rings. The molecule has 2 aliphatic heterocycles. The number of ether oxygens (including phenoxy) is 2. The molecule has 8 aromatic heterocycles. The number of benzene rings is 5. The zero-order valence-electron chi connectivity index (χ0n) is 71.5. The van der Waals surface area contributed by atoms with E-state index >= 15 is 0 Å². The topological polar surface area (TPSA) is 334 Å². The van der Waals surface area contributed by atoms with Crippen LogP contribution in [0.3, 0.4) is 0 Å². The standard InChI is InChI=1S/C20H22N4O2.C20H18N4O2.C20H26N4O.C20H22N4O.C19H19FN4O/c2*1-26-19-10-5-9-17-18(11-13-22-20(17)19)21-12-3-2-6-15-7-4-8-16(24-15)14-23-25;2*25-21-16-20-9-4-8-19(22-20)10-5-11-23-12-14-24(15-13-23)17-18-6-2-1-3-7-18;20-16-8-4-9-17-19(16)18(10-12-22-17)21-11-2-1-5-14-6-3-7-15(24-14)13-23-25/h4-5,7-11,13-14,25H,2-3,6,12H2,1H3,(H,21,22);4-5,7-11,13-14,25H,3,12H2,1H3,(H,21,22);1-4,6-9,16,25H,5,10-15,17H2;1-4,6-9,16,25H,11-15,17H2;3-4,6-10,12-13,25H,1-2,5,11H2,(H,21,22)/b2*23-14-;2*21-16+;23-13-. The molecule has 13 aromatic rings. The average molecular weight is 1710 g/mol. The Morgan fingerprint density at radius 1 is 0.378 bits per heavy atom. The number of oxime groups is 5. The summed E-state index contributed by atoms with van der Waals surface area (Å²) in [6.45, 7) is 15.0. The second kappa shape index (κ2) is 52.7. The first kappa shape index (κ1) is 93.0. The first-order chi connectivity index (χ1) is 62.6. The zero-order valence-corrected chi connectivity index (χ0v) is 71.5. The molecule has 15 rings (SSSR count). The molecule has 0 spiro atoms. The Bertz CT molecular complexity index is 5830. The number of hydrogen-bond acceptors (Lipinski definition) is 27. The maximum atomic E-state index is 14.0. The second-order valence-electron chi connectivity index (χ2n) is 29.5. The molecule has 127 heavy (non-hydrogen) atoms. The van der Waals surface area contributed by atoms with Crippen LogP contribution >= 0.6 is 0 Å². The lowest BCUT2D eigenvalue weighted by Gasteiger charge is -2.34. The number of aromatic nitrogens is 8. The number of nitrogens with one attached hydrogen (secondary N) is 3. The van der Waals surface area contributed by atoms with Crippen LogP contribution in [0.1, 0.15) is 107 Å². The fourth-order valence-corrected chi connectivity index (χ4v) is 14.3. The van der Waals surface area contributed by atoms with Gasteiger partial charge in [0.25, 0.3) is 0 Å². The van der Waals surface area contributed by atoms with E-state index in [1.165, 1.54) is 48.3 Å². The van der Waals surface area contributed by atoms with Gasteiger partial charge in [0.15, 0.2) is 0 Å². The largest absolute Gasteiger partial charge is 0.494 e. The van der Waals surface area contributed by atoms with Gasteiger partial charge in [0.05, 0.1) is 91.2 Å². The molecule has 0 radical (unpaired) electrons. The minimum absolute atomic E-state index is 0.264. The van der Waals surface area contributed by atoms with Gasteiger partial charge in [-0.15, -0.1) is 0 Å². The number of aryl methyl sites for hydroxylation is 3. The summed E-state index contributed by atoms with van der Waals surface area (Å²) in [6.07, 6.45) is 20.2. The molecule has 0 atom stereocenters. The molecule has 0 saturated carbocycles. The van der Waals surface area contributed by atoms with Gasteiger partial charge < -0.3 is 56.4 Å². The molecule has 27 nitrogen and oxygen atoms in total. The summed E-state index contributed by atoms with van der Waals surface area (Å²) < 4.78 is 24.8. The van der Waals surface area contributed by atoms with Crippen molar-refractivity contribution in [2.75, 3.05) is 115 Å². The Morgan fingerprint density at radius 3 is 1.24 bits per heavy atom. The summed E-state index contributed by atoms with van der Waals surface area (Å²) in [5.74, 6) is 13.6. The van der Waals surface area contributed by atoms with Crippen molar-refractivity contribution < 1.29 is 39.9 Å². The predicted molar refractivity (Wildman–Crippen MR) is 501 cm³/mol. The van der Waals surface area contributed by atoms with E-state index in [4.69, 9.17) is 35.5 Å². The molecular weight excluding hydrogens is 1600 g/mol. The number of pyridine rings is 8. The van der Waals surface area contributed by atoms with Gasteiger partial charge in [-0.05, 0) is 184 Å². The lowest BCUT2D eigenvalue weighted by molar-refractivity contribution is 0.126. The van der Waals surface area contributed by atoms with Crippen molar-refractivity contribution in [1.82, 2.24) is 59.5 Å². The van der Waals surface area contributed by atoms with Crippen molar-refractivity contribution in [3.8, 4) is 35.2 Å². The van der Waals surface area contributed by atoms with Crippen molar-refractivity contribution >= 4 is 80.8 Å². The highest BCUT2D eigenvalue weighted by molar-refractivity contribution is 5.96. The number of anilines is 3. The molecule has 28 heteroatoms. The molecule has 652 valence electrons. The van der Waals surface area contributed by atoms with Crippen LogP contribution < -0.4 is 25.4 Å². The maximum Gasteiger partial charge on any atom is 0.145 e. The highest BCUT2D eigenvalue weighted by atomic mass is 19.1. The van der Waals surface area contributed by atoms with Gasteiger partial charge in [0, 0.05) is 155 Å². The van der Waals surface area contributed by atoms with Gasteiger partial charge in [0.2, 0.25) is 0 Å². The van der Waals surface area contributed by atoms with Gasteiger partial charge in [0.1, 0.15) is 39.7 Å². The van der Waals surface area contributed by atoms with E-state index in [9.17, 15) is 4.39 Å². The Hall–Kier alpha value is -14.7. The summed E-state index contributed by atoms with van der Waals surface area (Å²) >= 11 is 0. The summed E-state index contributed by atoms with van der Waals surface area (Å²) in [5, 5.41) is 70.6. The molecule has 0 aliphatic carbocycles. The number of halogens is 1. The van der Waals surface area contributed by atoms with Crippen LogP contribution in [0.5, 0.6) is 11.5 Å². The van der Waals surface area contributed by atoms with Crippen LogP contribution in [0.4, 0.5) is 21.5 Å². The van der Waals surface area contributed by atoms with Gasteiger partial charge in [-0.1, -0.05) is 159 Å². The Balaban J connectivity index is 0.000000154. The van der Waals surface area contributed by atoms with Crippen LogP contribution in [0.15, 0.2) is 269 Å². The molecule has 0 amide bonds. The number of unbranched alkanes of at least 4 members (excludes halogenated alkanes) is 2. The number of piperazine rings is 2. The molecule has 8 N–H and O–H groups in total. The molecule has 0 bridgehead atoms. The number of rotatable bonds is 31. The van der Waals surface area contributed by atoms with E-state index in [1.807, 2.05) is 121 Å². The summed E-state index contributed by atoms with van der Waals surface area (Å²) in [6, 6.07) is 71.8. The summed E-state index contributed by atoms with van der Waals surface area (Å²) in [5.41, 5.74) is 15.5. The van der Waals surface area contributed by atoms with Gasteiger partial charge >= 0.3 is 0 Å². The van der Waals surface area contributed by atoms with E-state index in [0.29, 0.717) is 63.7 Å². The van der Waals surface area contributed by atoms with Crippen LogP contribution in [-0.2, 0) is 32.4 Å². The third-order valence-electron chi connectivity index (χ3n) is 20.6. The number of para-hydroxylation sites is 2. The fraction of sp³-hybridized carbons (Fsp3) is 0.263. The highest BCUT2D eigenvalue weighted by Gasteiger charge is 2.19. The van der Waals surface area contributed by atoms with Crippen LogP contribution in [0, 0.1) is 29.5 Å². The van der Waals surface area contributed by atoms with Crippen molar-refractivity contribution in [1.29, 1.82) is 0 Å². The molecular formula is C99H107FN20O7. The minimum atomic E-state index is -0.264. The second-order valence-corrected chi connectivity index (χ2v) is 29.5. The van der Waals surface area contributed by atoms with Crippen molar-refractivity contribution in [2.45, 2.75) is 70.9 Å². The molecule has 0 unspecified atom stereocenters. The van der Waals surface area contributed by atoms with E-state index in [-0.39, 0.29) is 5.82 Å². The molecule has 5 aromatic carbocycles. The monoisotopic (exact) mass is 1710 g/mol. The van der Waals surface area contributed by atoms with Crippen LogP contribution in [-0.4, -0.2) is 216 Å². The molecule has 2 aliphatic rings. The molecule has 10 heterocycles. The number of methoxy groups -OCH3 is 2. The smallest absolute Gasteiger partial charge is 0.145 e. The van der Waals surface area contributed by atoms with Gasteiger partial charge in [-0.3, -0.25) is 44.6 Å². The predicted octanol–water partition coefficient (Wildman–Crippen LogP) is 15.9. The van der Waals surface area contributed by atoms with E-state index in [1.54, 1.807) is 69.2 Å². The third-order valence-corrected chi connectivity index (χ3v) is 20.6. The molecule has 2 saturated heterocycles. The quantitative estimate of drug-likeness (QED) is 0.00658. The third kappa shape index (κ3) is 31.3. The number of nitrogens with zero attached hydrogens (tertiary/aromatic N) is 17. The van der Waals surface area contributed by atoms with Crippen molar-refractivity contribution in [3.05, 3.63) is 317 Å². The lowest BCUT2D eigenvalue weighted by atomic mass is 10.1. The van der Waals surface area contributed by atoms with Gasteiger partial charge in [-0.25, -0.2) is 14.4 Å². The summed E-state index contributed by atoms with van der Waals surface area (Å²) in [4.78, 5) is 44.8. The zero-order chi connectivity index (χ0) is 88.5. The van der Waals surface area contributed by atoms with Crippen LogP contribution in [0.25, 0.3) is 32.7 Å². The highest BCUT2D eigenvalue weighted by Crippen LogP contribution is 2.31. The summed E-state index contributed by atoms with van der Waals surface area (Å²) in [7, 11) is 3.30. The minimum Gasteiger partial charge on any atom is -0.494 e. The van der Waals surface area contributed by atoms with E-state index in [2.05, 4.69) is 186 Å². The van der Waals surface area contributed by atoms with Crippen LogP contribution in [0.2, 0.25) is 0 Å². The number of hydrogen-bond donors (Lipinski definition) is 8. The normalized spacial score (nSPS) is 13.0. The Morgan fingerprint density at radius 2 is 0.772 bits per heavy atom. The number of fused-ring (bicyclic) bond motifs is 3. The Kier molecular flexibility index (Phi) is 38.6. The average Bonchev–Trinajstić information content (AvgIpc) is 0.821. The first-order valence-corrected chi connectivity index (χ1v) is 42.3. The van der Waals surface area contributed by atoms with Crippen molar-refractivity contribution in [3.63, 3.8) is 0 Å². The first-order valence-electron chi connectivity index (χ1n) is 42.3. The fourth-order valence-electron chi connectivity index (χ4n) is 14.3. The van der Waals surface area contributed by atoms with E-state index < -0.39 is 0 Å². The maximum absolute atomic E-state index is 14.0. The SMILES string of the molecule is COc1cccc2c(NCCC#Cc3cccc(/C=N\O)n3)ccnc12.COc1cccc2c(NCCCCc3cccc(/C=N\O)n3)ccnc12.O/N=C/c1cccc(C#CCN2CCN(Cc3ccccc3)CC2)n1.O/N=C/c1cccc(CCCN2CCN(Cc3ccccc3)CC2)n1.O/N=C\c1cccc(CCCCNc2ccnc3cccc(F)c23)n1. The van der Waals surface area contributed by atoms with E-state index in [0.717, 1.165) is 210 Å². The Labute approximate surface area is 740 Å². The lowest BCUT2D eigenvalue weighted by Crippen LogP contribution is -2.46.